The van der Waals surface area contributed by atoms with E-state index in [-0.39, 0.29) is 17.4 Å². The van der Waals surface area contributed by atoms with Crippen LogP contribution in [0.1, 0.15) is 70.5 Å². The van der Waals surface area contributed by atoms with Crippen molar-refractivity contribution in [2.75, 3.05) is 26.5 Å². The molecule has 0 spiro atoms. The largest absolute Gasteiger partial charge is 0.465 e. The van der Waals surface area contributed by atoms with Gasteiger partial charge in [-0.2, -0.15) is 0 Å². The summed E-state index contributed by atoms with van der Waals surface area (Å²) in [6.07, 6.45) is 7.48. The first-order valence-electron chi connectivity index (χ1n) is 9.08. The van der Waals surface area contributed by atoms with Gasteiger partial charge < -0.3 is 15.0 Å². The number of anilines is 1. The van der Waals surface area contributed by atoms with Gasteiger partial charge in [-0.1, -0.05) is 32.1 Å². The highest BCUT2D eigenvalue weighted by Gasteiger charge is 2.27. The van der Waals surface area contributed by atoms with E-state index < -0.39 is 5.97 Å². The van der Waals surface area contributed by atoms with Gasteiger partial charge in [0.1, 0.15) is 5.00 Å². The third-order valence-electron chi connectivity index (χ3n) is 4.89. The van der Waals surface area contributed by atoms with Gasteiger partial charge in [0.05, 0.1) is 17.6 Å². The summed E-state index contributed by atoms with van der Waals surface area (Å²) in [5, 5.41) is 3.22. The zero-order valence-electron chi connectivity index (χ0n) is 16.0. The van der Waals surface area contributed by atoms with Gasteiger partial charge in [-0.15, -0.1) is 11.3 Å². The molecule has 6 nitrogen and oxygen atoms in total. The monoisotopic (exact) mass is 380 g/mol. The predicted octanol–water partition coefficient (Wildman–Crippen LogP) is 3.84. The summed E-state index contributed by atoms with van der Waals surface area (Å²) in [6, 6.07) is 0. The molecule has 1 aromatic rings. The molecule has 0 unspecified atom stereocenters. The van der Waals surface area contributed by atoms with Crippen molar-refractivity contribution >= 4 is 34.1 Å². The smallest absolute Gasteiger partial charge is 0.341 e. The Balaban J connectivity index is 2.13. The van der Waals surface area contributed by atoms with E-state index in [9.17, 15) is 14.4 Å². The maximum atomic E-state index is 12.4. The van der Waals surface area contributed by atoms with E-state index in [1.54, 1.807) is 21.0 Å². The highest BCUT2D eigenvalue weighted by Crippen LogP contribution is 2.35. The van der Waals surface area contributed by atoms with Gasteiger partial charge >= 0.3 is 5.97 Å². The molecule has 144 valence electrons. The summed E-state index contributed by atoms with van der Waals surface area (Å²) in [5.41, 5.74) is 0.817. The Labute approximate surface area is 158 Å². The van der Waals surface area contributed by atoms with Crippen LogP contribution in [0.25, 0.3) is 0 Å². The molecule has 1 aliphatic carbocycles. The number of ether oxygens (including phenoxy) is 1. The minimum absolute atomic E-state index is 0.120. The number of carbonyl (C=O) groups excluding carboxylic acids is 3. The molecule has 7 heteroatoms. The van der Waals surface area contributed by atoms with Gasteiger partial charge in [-0.3, -0.25) is 9.59 Å². The van der Waals surface area contributed by atoms with Crippen LogP contribution in [0, 0.1) is 12.8 Å². The molecule has 1 saturated carbocycles. The lowest BCUT2D eigenvalue weighted by Crippen LogP contribution is -2.21. The molecule has 1 fully saturated rings. The lowest BCUT2D eigenvalue weighted by Gasteiger charge is -2.20. The molecule has 1 aliphatic rings. The van der Waals surface area contributed by atoms with Crippen LogP contribution in [0.5, 0.6) is 0 Å². The minimum atomic E-state index is -0.542. The van der Waals surface area contributed by atoms with Crippen molar-refractivity contribution in [1.29, 1.82) is 0 Å². The average Bonchev–Trinajstić information content (AvgIpc) is 2.95. The molecule has 2 rings (SSSR count). The third-order valence-corrected chi connectivity index (χ3v) is 6.09. The van der Waals surface area contributed by atoms with Crippen molar-refractivity contribution in [2.45, 2.75) is 51.9 Å². The van der Waals surface area contributed by atoms with Crippen LogP contribution < -0.4 is 5.32 Å². The van der Waals surface area contributed by atoms with Crippen molar-refractivity contribution in [3.05, 3.63) is 16.0 Å². The molecule has 0 aromatic carbocycles. The second-order valence-corrected chi connectivity index (χ2v) is 8.06. The zero-order chi connectivity index (χ0) is 19.3. The molecular weight excluding hydrogens is 352 g/mol. The highest BCUT2D eigenvalue weighted by atomic mass is 32.1. The van der Waals surface area contributed by atoms with E-state index in [0.29, 0.717) is 27.8 Å². The van der Waals surface area contributed by atoms with Crippen LogP contribution in [-0.2, 0) is 9.53 Å². The molecule has 0 atom stereocenters. The number of amides is 2. The average molecular weight is 381 g/mol. The van der Waals surface area contributed by atoms with E-state index in [4.69, 9.17) is 4.74 Å². The Bertz CT molecular complexity index is 675. The summed E-state index contributed by atoms with van der Waals surface area (Å²) in [4.78, 5) is 38.8. The summed E-state index contributed by atoms with van der Waals surface area (Å²) in [6.45, 7) is 1.71. The quantitative estimate of drug-likeness (QED) is 0.761. The van der Waals surface area contributed by atoms with E-state index in [1.165, 1.54) is 44.1 Å². The van der Waals surface area contributed by atoms with Crippen LogP contribution in [0.3, 0.4) is 0 Å². The number of hydrogen-bond donors (Lipinski definition) is 1. The molecular formula is C19H28N2O4S. The second-order valence-electron chi connectivity index (χ2n) is 7.04. The molecule has 2 amide bonds. The maximum absolute atomic E-state index is 12.4. The molecule has 0 bridgehead atoms. The lowest BCUT2D eigenvalue weighted by atomic mass is 9.86. The van der Waals surface area contributed by atoms with Crippen molar-refractivity contribution in [3.8, 4) is 0 Å². The molecule has 0 saturated heterocycles. The van der Waals surface area contributed by atoms with Gasteiger partial charge in [0.15, 0.2) is 0 Å². The van der Waals surface area contributed by atoms with E-state index in [2.05, 4.69) is 5.32 Å². The second kappa shape index (κ2) is 9.16. The SMILES string of the molecule is COC(=O)c1c(NC(=O)CCC2CCCCC2)sc(C(=O)N(C)C)c1C. The summed E-state index contributed by atoms with van der Waals surface area (Å²) < 4.78 is 4.84. The summed E-state index contributed by atoms with van der Waals surface area (Å²) >= 11 is 1.13. The van der Waals surface area contributed by atoms with Crippen molar-refractivity contribution in [2.24, 2.45) is 5.92 Å². The van der Waals surface area contributed by atoms with E-state index in [0.717, 1.165) is 17.8 Å². The molecule has 0 aliphatic heterocycles. The van der Waals surface area contributed by atoms with Crippen LogP contribution in [0.15, 0.2) is 0 Å². The Morgan fingerprint density at radius 1 is 1.19 bits per heavy atom. The Morgan fingerprint density at radius 3 is 2.42 bits per heavy atom. The Kier molecular flexibility index (Phi) is 7.20. The number of methoxy groups -OCH3 is 1. The number of nitrogens with zero attached hydrogens (tertiary/aromatic N) is 1. The van der Waals surface area contributed by atoms with E-state index >= 15 is 0 Å². The fourth-order valence-electron chi connectivity index (χ4n) is 3.36. The lowest BCUT2D eigenvalue weighted by molar-refractivity contribution is -0.116. The van der Waals surface area contributed by atoms with Crippen LogP contribution in [0.2, 0.25) is 0 Å². The van der Waals surface area contributed by atoms with Crippen molar-refractivity contribution in [1.82, 2.24) is 4.90 Å². The summed E-state index contributed by atoms with van der Waals surface area (Å²) in [7, 11) is 4.60. The predicted molar refractivity (Wildman–Crippen MR) is 103 cm³/mol. The Morgan fingerprint density at radius 2 is 1.85 bits per heavy atom. The first-order chi connectivity index (χ1) is 12.3. The first kappa shape index (κ1) is 20.4. The number of nitrogens with one attached hydrogen (secondary N) is 1. The van der Waals surface area contributed by atoms with E-state index in [1.807, 2.05) is 0 Å². The number of esters is 1. The Hall–Kier alpha value is -1.89. The third kappa shape index (κ3) is 4.84. The van der Waals surface area contributed by atoms with Gasteiger partial charge in [0.2, 0.25) is 5.91 Å². The van der Waals surface area contributed by atoms with Gasteiger partial charge in [-0.05, 0) is 24.8 Å². The molecule has 26 heavy (non-hydrogen) atoms. The maximum Gasteiger partial charge on any atom is 0.341 e. The number of hydrogen-bond acceptors (Lipinski definition) is 5. The molecule has 1 heterocycles. The number of thiophene rings is 1. The van der Waals surface area contributed by atoms with Gasteiger partial charge in [0, 0.05) is 20.5 Å². The molecule has 1 N–H and O–H groups in total. The fraction of sp³-hybridized carbons (Fsp3) is 0.632. The van der Waals surface area contributed by atoms with Gasteiger partial charge in [0.25, 0.3) is 5.91 Å². The van der Waals surface area contributed by atoms with Crippen molar-refractivity contribution in [3.63, 3.8) is 0 Å². The highest BCUT2D eigenvalue weighted by molar-refractivity contribution is 7.18. The summed E-state index contributed by atoms with van der Waals surface area (Å²) in [5.74, 6) is -0.240. The number of rotatable bonds is 6. The first-order valence-corrected chi connectivity index (χ1v) is 9.90. The van der Waals surface area contributed by atoms with Crippen LogP contribution in [-0.4, -0.2) is 43.9 Å². The molecule has 0 radical (unpaired) electrons. The van der Waals surface area contributed by atoms with Crippen LogP contribution in [0.4, 0.5) is 5.00 Å². The zero-order valence-corrected chi connectivity index (χ0v) is 16.8. The van der Waals surface area contributed by atoms with Crippen LogP contribution >= 0.6 is 11.3 Å². The fourth-order valence-corrected chi connectivity index (χ4v) is 4.59. The van der Waals surface area contributed by atoms with Gasteiger partial charge in [-0.25, -0.2) is 4.79 Å². The minimum Gasteiger partial charge on any atom is -0.465 e. The normalized spacial score (nSPS) is 14.8. The topological polar surface area (TPSA) is 75.7 Å². The number of carbonyl (C=O) groups is 3. The van der Waals surface area contributed by atoms with Crippen molar-refractivity contribution < 1.29 is 19.1 Å². The standard InChI is InChI=1S/C19H28N2O4S/c1-12-15(19(24)25-4)17(26-16(12)18(23)21(2)3)20-14(22)11-10-13-8-6-5-7-9-13/h13H,5-11H2,1-4H3,(H,20,22). The molecule has 1 aromatic heterocycles.